The van der Waals surface area contributed by atoms with Crippen molar-refractivity contribution in [2.45, 2.75) is 5.51 Å². The number of phenolic OH excluding ortho intramolecular Hbond substituents is 1. The van der Waals surface area contributed by atoms with Crippen LogP contribution < -0.4 is 5.32 Å². The van der Waals surface area contributed by atoms with Gasteiger partial charge in [-0.25, -0.2) is 0 Å². The number of hydrogen-bond donors (Lipinski definition) is 2. The Morgan fingerprint density at radius 2 is 2.11 bits per heavy atom. The Morgan fingerprint density at radius 1 is 1.44 bits per heavy atom. The van der Waals surface area contributed by atoms with Gasteiger partial charge in [-0.15, -0.1) is 0 Å². The number of carbonyl (C=O) groups excluding carboxylic acids is 1. The molecule has 8 heteroatoms. The first-order valence-corrected chi connectivity index (χ1v) is 6.83. The molecule has 100 valence electrons. The van der Waals surface area contributed by atoms with Gasteiger partial charge in [0, 0.05) is 17.9 Å². The van der Waals surface area contributed by atoms with Crippen molar-refractivity contribution in [1.29, 1.82) is 0 Å². The van der Waals surface area contributed by atoms with Crippen molar-refractivity contribution in [3.05, 3.63) is 27.3 Å². The summed E-state index contributed by atoms with van der Waals surface area (Å²) < 4.78 is 36.0. The smallest absolute Gasteiger partial charge is 0.441 e. The van der Waals surface area contributed by atoms with E-state index in [1.807, 2.05) is 22.6 Å². The summed E-state index contributed by atoms with van der Waals surface area (Å²) in [6.07, 6.45) is 0. The van der Waals surface area contributed by atoms with Gasteiger partial charge in [0.05, 0.1) is 3.57 Å². The average Bonchev–Trinajstić information content (AvgIpc) is 2.26. The van der Waals surface area contributed by atoms with Crippen LogP contribution in [-0.4, -0.2) is 28.8 Å². The molecule has 0 radical (unpaired) electrons. The first-order valence-electron chi connectivity index (χ1n) is 4.77. The van der Waals surface area contributed by atoms with Crippen molar-refractivity contribution in [2.24, 2.45) is 0 Å². The van der Waals surface area contributed by atoms with Gasteiger partial charge in [-0.1, -0.05) is 0 Å². The molecule has 2 N–H and O–H groups in total. The zero-order valence-corrected chi connectivity index (χ0v) is 11.9. The molecule has 0 aliphatic carbocycles. The van der Waals surface area contributed by atoms with Gasteiger partial charge < -0.3 is 10.4 Å². The van der Waals surface area contributed by atoms with Gasteiger partial charge in [0.25, 0.3) is 5.91 Å². The van der Waals surface area contributed by atoms with Gasteiger partial charge >= 0.3 is 5.51 Å². The molecule has 1 rings (SSSR count). The molecule has 0 spiro atoms. The fourth-order valence-corrected chi connectivity index (χ4v) is 1.86. The molecule has 1 aromatic rings. The Hall–Kier alpha value is -0.640. The van der Waals surface area contributed by atoms with Gasteiger partial charge in [-0.3, -0.25) is 4.79 Å². The van der Waals surface area contributed by atoms with E-state index < -0.39 is 11.4 Å². The molecule has 0 heterocycles. The maximum absolute atomic E-state index is 11.8. The minimum Gasteiger partial charge on any atom is -0.507 e. The second-order valence-corrected chi connectivity index (χ2v) is 5.54. The fraction of sp³-hybridized carbons (Fsp3) is 0.300. The molecule has 0 fully saturated rings. The Bertz CT molecular complexity index is 440. The number of thioether (sulfide) groups is 1. The van der Waals surface area contributed by atoms with Crippen LogP contribution in [0, 0.1) is 3.57 Å². The van der Waals surface area contributed by atoms with E-state index >= 15 is 0 Å². The highest BCUT2D eigenvalue weighted by Gasteiger charge is 2.27. The Labute approximate surface area is 119 Å². The van der Waals surface area contributed by atoms with Gasteiger partial charge in [0.2, 0.25) is 0 Å². The highest BCUT2D eigenvalue weighted by molar-refractivity contribution is 14.1. The summed E-state index contributed by atoms with van der Waals surface area (Å²) in [5.74, 6) is -0.789. The lowest BCUT2D eigenvalue weighted by Crippen LogP contribution is -2.26. The van der Waals surface area contributed by atoms with Gasteiger partial charge in [0.15, 0.2) is 0 Å². The number of benzene rings is 1. The second kappa shape index (κ2) is 6.50. The predicted molar refractivity (Wildman–Crippen MR) is 71.7 cm³/mol. The number of aromatic hydroxyl groups is 1. The van der Waals surface area contributed by atoms with Crippen molar-refractivity contribution in [3.63, 3.8) is 0 Å². The third-order valence-corrected chi connectivity index (χ3v) is 3.51. The SMILES string of the molecule is O=C(NCCSC(F)(F)F)c1ccc(I)c(O)c1. The first-order chi connectivity index (χ1) is 8.29. The van der Waals surface area contributed by atoms with Gasteiger partial charge in [0.1, 0.15) is 5.75 Å². The molecule has 0 saturated heterocycles. The van der Waals surface area contributed by atoms with Crippen LogP contribution in [-0.2, 0) is 0 Å². The minimum atomic E-state index is -4.29. The number of phenols is 1. The standard InChI is InChI=1S/C10H9F3INO2S/c11-10(12,13)18-4-3-15-9(17)6-1-2-7(14)8(16)5-6/h1-2,5,16H,3-4H2,(H,15,17). The molecule has 0 atom stereocenters. The molecule has 0 aliphatic heterocycles. The highest BCUT2D eigenvalue weighted by Crippen LogP contribution is 2.29. The number of amides is 1. The molecule has 0 bridgehead atoms. The first kappa shape index (κ1) is 15.4. The van der Waals surface area contributed by atoms with Gasteiger partial charge in [-0.05, 0) is 52.6 Å². The number of rotatable bonds is 4. The average molecular weight is 391 g/mol. The fourth-order valence-electron chi connectivity index (χ4n) is 1.09. The molecule has 0 saturated carbocycles. The quantitative estimate of drug-likeness (QED) is 0.613. The zero-order chi connectivity index (χ0) is 13.8. The summed E-state index contributed by atoms with van der Waals surface area (Å²) in [6.45, 7) is -0.0875. The van der Waals surface area contributed by atoms with E-state index in [1.54, 1.807) is 6.07 Å². The highest BCUT2D eigenvalue weighted by atomic mass is 127. The van der Waals surface area contributed by atoms with E-state index in [1.165, 1.54) is 12.1 Å². The molecule has 0 unspecified atom stereocenters. The molecular formula is C10H9F3INO2S. The monoisotopic (exact) mass is 391 g/mol. The van der Waals surface area contributed by atoms with Crippen LogP contribution in [0.4, 0.5) is 13.2 Å². The van der Waals surface area contributed by atoms with Crippen LogP contribution in [0.3, 0.4) is 0 Å². The molecular weight excluding hydrogens is 382 g/mol. The number of carbonyl (C=O) groups is 1. The second-order valence-electron chi connectivity index (χ2n) is 3.22. The number of nitrogens with one attached hydrogen (secondary N) is 1. The number of alkyl halides is 3. The summed E-state index contributed by atoms with van der Waals surface area (Å²) in [5, 5.41) is 11.7. The summed E-state index contributed by atoms with van der Waals surface area (Å²) in [5.41, 5.74) is -4.07. The molecule has 3 nitrogen and oxygen atoms in total. The van der Waals surface area contributed by atoms with Crippen molar-refractivity contribution in [3.8, 4) is 5.75 Å². The predicted octanol–water partition coefficient (Wildman–Crippen LogP) is 2.98. The lowest BCUT2D eigenvalue weighted by Gasteiger charge is -2.07. The van der Waals surface area contributed by atoms with Crippen molar-refractivity contribution in [2.75, 3.05) is 12.3 Å². The normalized spacial score (nSPS) is 11.3. The van der Waals surface area contributed by atoms with E-state index in [4.69, 9.17) is 0 Å². The lowest BCUT2D eigenvalue weighted by atomic mass is 10.2. The van der Waals surface area contributed by atoms with E-state index in [-0.39, 0.29) is 35.4 Å². The number of hydrogen-bond acceptors (Lipinski definition) is 3. The third-order valence-electron chi connectivity index (χ3n) is 1.86. The summed E-state index contributed by atoms with van der Waals surface area (Å²) in [6, 6.07) is 4.32. The molecule has 18 heavy (non-hydrogen) atoms. The van der Waals surface area contributed by atoms with E-state index in [0.717, 1.165) is 0 Å². The Kier molecular flexibility index (Phi) is 5.57. The summed E-state index contributed by atoms with van der Waals surface area (Å²) in [7, 11) is 0. The summed E-state index contributed by atoms with van der Waals surface area (Å²) >= 11 is 1.71. The Balaban J connectivity index is 2.43. The zero-order valence-electron chi connectivity index (χ0n) is 8.92. The largest absolute Gasteiger partial charge is 0.507 e. The topological polar surface area (TPSA) is 49.3 Å². The van der Waals surface area contributed by atoms with E-state index in [9.17, 15) is 23.1 Å². The van der Waals surface area contributed by atoms with Crippen LogP contribution in [0.2, 0.25) is 0 Å². The maximum Gasteiger partial charge on any atom is 0.441 e. The molecule has 1 amide bonds. The van der Waals surface area contributed by atoms with Crippen LogP contribution in [0.5, 0.6) is 5.75 Å². The van der Waals surface area contributed by atoms with Crippen LogP contribution in [0.25, 0.3) is 0 Å². The Morgan fingerprint density at radius 3 is 2.67 bits per heavy atom. The van der Waals surface area contributed by atoms with Crippen molar-refractivity contribution < 1.29 is 23.1 Å². The van der Waals surface area contributed by atoms with Crippen LogP contribution in [0.15, 0.2) is 18.2 Å². The van der Waals surface area contributed by atoms with E-state index in [0.29, 0.717) is 3.57 Å². The third kappa shape index (κ3) is 5.34. The van der Waals surface area contributed by atoms with Crippen LogP contribution >= 0.6 is 34.4 Å². The lowest BCUT2D eigenvalue weighted by molar-refractivity contribution is -0.0327. The van der Waals surface area contributed by atoms with E-state index in [2.05, 4.69) is 5.32 Å². The van der Waals surface area contributed by atoms with Crippen LogP contribution in [0.1, 0.15) is 10.4 Å². The minimum absolute atomic E-state index is 0.0343. The molecule has 0 aliphatic rings. The maximum atomic E-state index is 11.8. The number of halogens is 4. The van der Waals surface area contributed by atoms with Crippen molar-refractivity contribution >= 4 is 40.3 Å². The van der Waals surface area contributed by atoms with Gasteiger partial charge in [-0.2, -0.15) is 13.2 Å². The molecule has 0 aromatic heterocycles. The van der Waals surface area contributed by atoms with Crippen molar-refractivity contribution in [1.82, 2.24) is 5.32 Å². The molecule has 1 aromatic carbocycles. The summed E-state index contributed by atoms with van der Waals surface area (Å²) in [4.78, 5) is 11.5.